The van der Waals surface area contributed by atoms with Gasteiger partial charge in [0.1, 0.15) is 6.04 Å². The molecule has 0 saturated carbocycles. The first-order valence-corrected chi connectivity index (χ1v) is 4.41. The third-order valence-corrected chi connectivity index (χ3v) is 2.47. The molecular formula is C9H10N4. The van der Waals surface area contributed by atoms with E-state index in [1.54, 1.807) is 0 Å². The van der Waals surface area contributed by atoms with Gasteiger partial charge in [-0.05, 0) is 6.08 Å². The molecule has 4 heteroatoms. The number of aliphatic imine (C=N–C) groups is 2. The van der Waals surface area contributed by atoms with Crippen molar-refractivity contribution in [3.05, 3.63) is 23.5 Å². The molecule has 66 valence electrons. The molecule has 3 aliphatic rings. The molecule has 0 saturated heterocycles. The second kappa shape index (κ2) is 2.53. The van der Waals surface area contributed by atoms with E-state index in [0.29, 0.717) is 0 Å². The van der Waals surface area contributed by atoms with Crippen LogP contribution in [0.2, 0.25) is 0 Å². The van der Waals surface area contributed by atoms with Crippen LogP contribution in [0.1, 0.15) is 0 Å². The number of dihydropyridines is 1. The number of nitrogens with zero attached hydrogens (tertiary/aromatic N) is 2. The molecule has 0 fully saturated rings. The molecule has 13 heavy (non-hydrogen) atoms. The molecule has 0 aromatic heterocycles. The lowest BCUT2D eigenvalue weighted by atomic mass is 9.99. The molecule has 2 N–H and O–H groups in total. The second-order valence-electron chi connectivity index (χ2n) is 3.25. The molecule has 0 aliphatic carbocycles. The standard InChI is InChI=1S/C9H10N4/c1-2-11-9-6-3-10-5-13-8(6)4-12-7(1)9/h1-2,4,7,10,13H,3,5H2. The fraction of sp³-hybridized carbons (Fsp3) is 0.333. The van der Waals surface area contributed by atoms with E-state index in [0.717, 1.165) is 24.6 Å². The number of nitrogens with one attached hydrogen (secondary N) is 2. The minimum atomic E-state index is 0.167. The quantitative estimate of drug-likeness (QED) is 0.535. The van der Waals surface area contributed by atoms with Crippen LogP contribution in [-0.4, -0.2) is 31.2 Å². The van der Waals surface area contributed by atoms with Crippen LogP contribution in [-0.2, 0) is 0 Å². The molecule has 1 unspecified atom stereocenters. The molecule has 0 radical (unpaired) electrons. The Morgan fingerprint density at radius 3 is 3.46 bits per heavy atom. The Morgan fingerprint density at radius 1 is 1.46 bits per heavy atom. The van der Waals surface area contributed by atoms with Gasteiger partial charge in [-0.15, -0.1) is 0 Å². The highest BCUT2D eigenvalue weighted by Crippen LogP contribution is 2.19. The average Bonchev–Trinajstić information content (AvgIpc) is 2.65. The molecule has 3 heterocycles. The average molecular weight is 174 g/mol. The minimum absolute atomic E-state index is 0.167. The Morgan fingerprint density at radius 2 is 2.46 bits per heavy atom. The van der Waals surface area contributed by atoms with Crippen molar-refractivity contribution in [2.75, 3.05) is 13.2 Å². The van der Waals surface area contributed by atoms with Crippen LogP contribution in [0.15, 0.2) is 33.5 Å². The highest BCUT2D eigenvalue weighted by molar-refractivity contribution is 6.13. The van der Waals surface area contributed by atoms with Crippen LogP contribution in [0.5, 0.6) is 0 Å². The largest absolute Gasteiger partial charge is 0.371 e. The predicted molar refractivity (Wildman–Crippen MR) is 51.9 cm³/mol. The third-order valence-electron chi connectivity index (χ3n) is 2.47. The molecule has 0 amide bonds. The summed E-state index contributed by atoms with van der Waals surface area (Å²) < 4.78 is 0. The van der Waals surface area contributed by atoms with Gasteiger partial charge in [-0.25, -0.2) is 0 Å². The van der Waals surface area contributed by atoms with Gasteiger partial charge >= 0.3 is 0 Å². The van der Waals surface area contributed by atoms with Crippen LogP contribution in [0, 0.1) is 0 Å². The summed E-state index contributed by atoms with van der Waals surface area (Å²) in [6.07, 6.45) is 5.77. The van der Waals surface area contributed by atoms with Crippen LogP contribution >= 0.6 is 0 Å². The highest BCUT2D eigenvalue weighted by atomic mass is 15.1. The summed E-state index contributed by atoms with van der Waals surface area (Å²) >= 11 is 0. The van der Waals surface area contributed by atoms with Gasteiger partial charge in [0, 0.05) is 24.5 Å². The van der Waals surface area contributed by atoms with Gasteiger partial charge < -0.3 is 5.32 Å². The van der Waals surface area contributed by atoms with Crippen LogP contribution < -0.4 is 10.6 Å². The molecular weight excluding hydrogens is 164 g/mol. The van der Waals surface area contributed by atoms with Crippen molar-refractivity contribution in [1.29, 1.82) is 0 Å². The van der Waals surface area contributed by atoms with E-state index in [1.807, 2.05) is 18.5 Å². The third kappa shape index (κ3) is 0.954. The van der Waals surface area contributed by atoms with Crippen molar-refractivity contribution in [3.8, 4) is 0 Å². The van der Waals surface area contributed by atoms with Gasteiger partial charge in [0.05, 0.1) is 18.1 Å². The van der Waals surface area contributed by atoms with Crippen LogP contribution in [0.25, 0.3) is 0 Å². The first-order valence-electron chi connectivity index (χ1n) is 4.41. The maximum atomic E-state index is 4.39. The van der Waals surface area contributed by atoms with Crippen molar-refractivity contribution in [2.45, 2.75) is 6.04 Å². The first kappa shape index (κ1) is 7.03. The zero-order chi connectivity index (χ0) is 8.67. The number of allylic oxidation sites excluding steroid dienone is 1. The predicted octanol–water partition coefficient (Wildman–Crippen LogP) is -0.188. The summed E-state index contributed by atoms with van der Waals surface area (Å²) in [5.41, 5.74) is 3.48. The first-order chi connectivity index (χ1) is 6.45. The Kier molecular flexibility index (Phi) is 1.37. The molecule has 0 aromatic carbocycles. The number of fused-ring (bicyclic) bond motifs is 2. The lowest BCUT2D eigenvalue weighted by Gasteiger charge is -2.25. The van der Waals surface area contributed by atoms with Gasteiger partial charge in [-0.2, -0.15) is 0 Å². The topological polar surface area (TPSA) is 48.8 Å². The smallest absolute Gasteiger partial charge is 0.112 e. The number of hydrogen-bond acceptors (Lipinski definition) is 4. The van der Waals surface area contributed by atoms with Gasteiger partial charge in [-0.1, -0.05) is 0 Å². The van der Waals surface area contributed by atoms with E-state index in [1.165, 1.54) is 5.57 Å². The monoisotopic (exact) mass is 174 g/mol. The lowest BCUT2D eigenvalue weighted by Crippen LogP contribution is -2.42. The van der Waals surface area contributed by atoms with Crippen molar-refractivity contribution < 1.29 is 0 Å². The van der Waals surface area contributed by atoms with Gasteiger partial charge in [-0.3, -0.25) is 15.3 Å². The lowest BCUT2D eigenvalue weighted by molar-refractivity contribution is 0.642. The number of rotatable bonds is 0. The fourth-order valence-corrected chi connectivity index (χ4v) is 1.80. The second-order valence-corrected chi connectivity index (χ2v) is 3.25. The number of hydrogen-bond donors (Lipinski definition) is 2. The van der Waals surface area contributed by atoms with Crippen molar-refractivity contribution >= 4 is 11.9 Å². The van der Waals surface area contributed by atoms with Crippen molar-refractivity contribution in [1.82, 2.24) is 10.6 Å². The normalized spacial score (nSPS) is 29.5. The van der Waals surface area contributed by atoms with Crippen molar-refractivity contribution in [2.24, 2.45) is 9.98 Å². The molecule has 1 atom stereocenters. The van der Waals surface area contributed by atoms with Gasteiger partial charge in [0.15, 0.2) is 0 Å². The Labute approximate surface area is 76.2 Å². The Hall–Kier alpha value is -1.42. The summed E-state index contributed by atoms with van der Waals surface area (Å²) in [7, 11) is 0. The summed E-state index contributed by atoms with van der Waals surface area (Å²) in [6.45, 7) is 1.71. The summed E-state index contributed by atoms with van der Waals surface area (Å²) in [5.74, 6) is 0. The molecule has 0 bridgehead atoms. The maximum Gasteiger partial charge on any atom is 0.112 e. The molecule has 0 spiro atoms. The van der Waals surface area contributed by atoms with E-state index in [-0.39, 0.29) is 6.04 Å². The van der Waals surface area contributed by atoms with Gasteiger partial charge in [0.25, 0.3) is 0 Å². The van der Waals surface area contributed by atoms with Gasteiger partial charge in [0.2, 0.25) is 0 Å². The zero-order valence-electron chi connectivity index (χ0n) is 7.12. The van der Waals surface area contributed by atoms with E-state index < -0.39 is 0 Å². The fourth-order valence-electron chi connectivity index (χ4n) is 1.80. The maximum absolute atomic E-state index is 4.39. The molecule has 4 nitrogen and oxygen atoms in total. The summed E-state index contributed by atoms with van der Waals surface area (Å²) in [6, 6.07) is 0.167. The summed E-state index contributed by atoms with van der Waals surface area (Å²) in [5, 5.41) is 6.50. The van der Waals surface area contributed by atoms with Crippen LogP contribution in [0.3, 0.4) is 0 Å². The minimum Gasteiger partial charge on any atom is -0.371 e. The van der Waals surface area contributed by atoms with E-state index in [2.05, 4.69) is 20.6 Å². The molecule has 0 aromatic rings. The van der Waals surface area contributed by atoms with Crippen LogP contribution in [0.4, 0.5) is 0 Å². The Balaban J connectivity index is 2.07. The molecule has 3 aliphatic heterocycles. The van der Waals surface area contributed by atoms with E-state index >= 15 is 0 Å². The molecule has 3 rings (SSSR count). The van der Waals surface area contributed by atoms with E-state index in [9.17, 15) is 0 Å². The SMILES string of the molecule is C1=CC2N=CC3=C(CNCN3)C2=N1. The zero-order valence-corrected chi connectivity index (χ0v) is 7.12. The highest BCUT2D eigenvalue weighted by Gasteiger charge is 2.26. The van der Waals surface area contributed by atoms with Crippen molar-refractivity contribution in [3.63, 3.8) is 0 Å². The Bertz CT molecular complexity index is 362. The summed E-state index contributed by atoms with van der Waals surface area (Å²) in [4.78, 5) is 8.71. The van der Waals surface area contributed by atoms with E-state index in [4.69, 9.17) is 0 Å².